The minimum Gasteiger partial charge on any atom is -0.359 e. The van der Waals surface area contributed by atoms with Gasteiger partial charge in [-0.2, -0.15) is 0 Å². The molecular formula is C23H26N2O5. The Morgan fingerprint density at radius 3 is 2.40 bits per heavy atom. The summed E-state index contributed by atoms with van der Waals surface area (Å²) in [6.07, 6.45) is 0. The number of aromatic nitrogens is 2. The summed E-state index contributed by atoms with van der Waals surface area (Å²) in [6, 6.07) is 5.78. The summed E-state index contributed by atoms with van der Waals surface area (Å²) in [5, 5.41) is 0. The second kappa shape index (κ2) is 8.28. The molecular weight excluding hydrogens is 384 g/mol. The van der Waals surface area contributed by atoms with Crippen LogP contribution in [0, 0.1) is 27.7 Å². The van der Waals surface area contributed by atoms with Gasteiger partial charge in [0.05, 0.1) is 23.2 Å². The van der Waals surface area contributed by atoms with Gasteiger partial charge in [-0.05, 0) is 67.6 Å². The third kappa shape index (κ3) is 3.33. The van der Waals surface area contributed by atoms with Gasteiger partial charge in [-0.1, -0.05) is 6.07 Å². The molecule has 0 spiro atoms. The van der Waals surface area contributed by atoms with Gasteiger partial charge in [-0.15, -0.1) is 0 Å². The van der Waals surface area contributed by atoms with E-state index in [1.165, 1.54) is 5.56 Å². The molecule has 1 aliphatic heterocycles. The molecule has 0 fully saturated rings. The molecule has 2 aromatic carbocycles. The molecule has 0 atom stereocenters. The van der Waals surface area contributed by atoms with E-state index in [0.717, 1.165) is 50.2 Å². The van der Waals surface area contributed by atoms with Crippen molar-refractivity contribution in [2.24, 2.45) is 0 Å². The molecule has 0 saturated heterocycles. The third-order valence-electron chi connectivity index (χ3n) is 5.87. The number of carbonyl (C=O) groups excluding carboxylic acids is 1. The summed E-state index contributed by atoms with van der Waals surface area (Å²) >= 11 is 0. The summed E-state index contributed by atoms with van der Waals surface area (Å²) in [5.74, 6) is 0.703. The quantitative estimate of drug-likeness (QED) is 0.189. The molecule has 1 aliphatic rings. The van der Waals surface area contributed by atoms with Crippen LogP contribution in [-0.4, -0.2) is 42.6 Å². The van der Waals surface area contributed by atoms with E-state index in [4.69, 9.17) is 24.2 Å². The second-order valence-electron chi connectivity index (χ2n) is 7.55. The second-order valence-corrected chi connectivity index (χ2v) is 7.55. The van der Waals surface area contributed by atoms with Crippen molar-refractivity contribution >= 4 is 16.9 Å². The highest BCUT2D eigenvalue weighted by molar-refractivity contribution is 6.14. The van der Waals surface area contributed by atoms with Gasteiger partial charge in [0, 0.05) is 12.7 Å². The molecule has 7 heteroatoms. The highest BCUT2D eigenvalue weighted by atomic mass is 17.2. The maximum atomic E-state index is 13.3. The van der Waals surface area contributed by atoms with E-state index in [1.54, 1.807) is 11.7 Å². The van der Waals surface area contributed by atoms with Crippen molar-refractivity contribution < 1.29 is 24.0 Å². The van der Waals surface area contributed by atoms with Gasteiger partial charge in [0.1, 0.15) is 25.8 Å². The summed E-state index contributed by atoms with van der Waals surface area (Å²) < 4.78 is 11.7. The van der Waals surface area contributed by atoms with Crippen molar-refractivity contribution in [3.05, 3.63) is 51.6 Å². The van der Waals surface area contributed by atoms with Crippen LogP contribution in [0.4, 0.5) is 0 Å². The highest BCUT2D eigenvalue weighted by Crippen LogP contribution is 2.41. The van der Waals surface area contributed by atoms with E-state index in [-0.39, 0.29) is 19.3 Å². The molecule has 1 aromatic heterocycles. The third-order valence-corrected chi connectivity index (χ3v) is 5.87. The lowest BCUT2D eigenvalue weighted by Gasteiger charge is -2.13. The fourth-order valence-electron chi connectivity index (χ4n) is 3.96. The Morgan fingerprint density at radius 1 is 0.933 bits per heavy atom. The van der Waals surface area contributed by atoms with Crippen LogP contribution in [0.5, 0.6) is 0 Å². The molecule has 2 heterocycles. The Hall–Kier alpha value is -2.58. The molecule has 0 N–H and O–H groups in total. The summed E-state index contributed by atoms with van der Waals surface area (Å²) in [4.78, 5) is 28.5. The van der Waals surface area contributed by atoms with Gasteiger partial charge in [0.15, 0.2) is 0 Å². The Balaban J connectivity index is 1.60. The number of imidazole rings is 1. The van der Waals surface area contributed by atoms with E-state index < -0.39 is 0 Å². The van der Waals surface area contributed by atoms with Crippen LogP contribution < -0.4 is 0 Å². The summed E-state index contributed by atoms with van der Waals surface area (Å²) in [7, 11) is 1.56. The number of carbonyl (C=O) groups is 1. The van der Waals surface area contributed by atoms with Crippen molar-refractivity contribution in [2.75, 3.05) is 27.1 Å². The number of methoxy groups -OCH3 is 1. The van der Waals surface area contributed by atoms with E-state index in [1.807, 2.05) is 25.1 Å². The monoisotopic (exact) mass is 410 g/mol. The number of hydrogen-bond donors (Lipinski definition) is 0. The van der Waals surface area contributed by atoms with E-state index >= 15 is 0 Å². The van der Waals surface area contributed by atoms with Crippen LogP contribution in [-0.2, 0) is 25.9 Å². The SMILES string of the molecule is COCOCCOOCc1ccc2nc3n(c2c1)C(=O)c1c(C)c(C)c(C)c(C)c1-3. The predicted octanol–water partition coefficient (Wildman–Crippen LogP) is 4.01. The smallest absolute Gasteiger partial charge is 0.265 e. The van der Waals surface area contributed by atoms with Crippen molar-refractivity contribution in [3.8, 4) is 11.4 Å². The van der Waals surface area contributed by atoms with Gasteiger partial charge in [-0.3, -0.25) is 9.36 Å². The minimum absolute atomic E-state index is 0.0178. The average molecular weight is 410 g/mol. The Bertz CT molecular complexity index is 1130. The van der Waals surface area contributed by atoms with Crippen molar-refractivity contribution in [2.45, 2.75) is 34.3 Å². The average Bonchev–Trinajstić information content (AvgIpc) is 3.24. The van der Waals surface area contributed by atoms with E-state index in [0.29, 0.717) is 13.2 Å². The van der Waals surface area contributed by atoms with E-state index in [9.17, 15) is 4.79 Å². The fourth-order valence-corrected chi connectivity index (χ4v) is 3.96. The van der Waals surface area contributed by atoms with Gasteiger partial charge in [0.2, 0.25) is 0 Å². The first-order valence-electron chi connectivity index (χ1n) is 9.93. The maximum Gasteiger partial charge on any atom is 0.265 e. The van der Waals surface area contributed by atoms with E-state index in [2.05, 4.69) is 20.8 Å². The molecule has 0 aliphatic carbocycles. The van der Waals surface area contributed by atoms with Crippen LogP contribution in [0.1, 0.15) is 38.2 Å². The van der Waals surface area contributed by atoms with Crippen LogP contribution in [0.15, 0.2) is 18.2 Å². The zero-order valence-corrected chi connectivity index (χ0v) is 18.0. The molecule has 0 bridgehead atoms. The Labute approximate surface area is 175 Å². The van der Waals surface area contributed by atoms with Gasteiger partial charge >= 0.3 is 0 Å². The first-order valence-corrected chi connectivity index (χ1v) is 9.93. The number of hydrogen-bond acceptors (Lipinski definition) is 6. The lowest BCUT2D eigenvalue weighted by Crippen LogP contribution is -2.09. The molecule has 0 saturated carbocycles. The van der Waals surface area contributed by atoms with Gasteiger partial charge < -0.3 is 9.47 Å². The van der Waals surface area contributed by atoms with Crippen molar-refractivity contribution in [1.29, 1.82) is 0 Å². The first kappa shape index (κ1) is 20.7. The Morgan fingerprint density at radius 2 is 1.67 bits per heavy atom. The fraction of sp³-hybridized carbons (Fsp3) is 0.391. The number of rotatable bonds is 8. The van der Waals surface area contributed by atoms with Crippen molar-refractivity contribution in [3.63, 3.8) is 0 Å². The molecule has 0 unspecified atom stereocenters. The molecule has 7 nitrogen and oxygen atoms in total. The molecule has 3 aromatic rings. The number of ether oxygens (including phenoxy) is 2. The molecule has 0 radical (unpaired) electrons. The Kier molecular flexibility index (Phi) is 5.71. The van der Waals surface area contributed by atoms with Crippen LogP contribution in [0.25, 0.3) is 22.4 Å². The number of benzene rings is 2. The van der Waals surface area contributed by atoms with Crippen LogP contribution in [0.3, 0.4) is 0 Å². The molecule has 0 amide bonds. The van der Waals surface area contributed by atoms with Crippen LogP contribution in [0.2, 0.25) is 0 Å². The summed E-state index contributed by atoms with van der Waals surface area (Å²) in [6.45, 7) is 9.42. The first-order chi connectivity index (χ1) is 14.5. The number of nitrogens with zero attached hydrogens (tertiary/aromatic N) is 2. The zero-order chi connectivity index (χ0) is 21.4. The topological polar surface area (TPSA) is 71.8 Å². The van der Waals surface area contributed by atoms with Crippen LogP contribution >= 0.6 is 0 Å². The maximum absolute atomic E-state index is 13.3. The zero-order valence-electron chi connectivity index (χ0n) is 18.0. The molecule has 158 valence electrons. The summed E-state index contributed by atoms with van der Waals surface area (Å²) in [5.41, 5.74) is 8.70. The highest BCUT2D eigenvalue weighted by Gasteiger charge is 2.34. The normalized spacial score (nSPS) is 12.6. The van der Waals surface area contributed by atoms with Gasteiger partial charge in [0.25, 0.3) is 5.91 Å². The lowest BCUT2D eigenvalue weighted by molar-refractivity contribution is -0.309. The standard InChI is InChI=1S/C23H26N2O5/c1-13-14(2)16(4)21-20(15(13)3)22-24-18-7-6-17(10-19(18)25(22)23(21)26)11-30-29-9-8-28-12-27-5/h6-7,10H,8-9,11-12H2,1-5H3. The predicted molar refractivity (Wildman–Crippen MR) is 112 cm³/mol. The lowest BCUT2D eigenvalue weighted by atomic mass is 9.90. The largest absolute Gasteiger partial charge is 0.359 e. The minimum atomic E-state index is -0.0178. The van der Waals surface area contributed by atoms with Gasteiger partial charge in [-0.25, -0.2) is 14.8 Å². The molecule has 30 heavy (non-hydrogen) atoms. The molecule has 4 rings (SSSR count). The van der Waals surface area contributed by atoms with Crippen molar-refractivity contribution in [1.82, 2.24) is 9.55 Å². The number of fused-ring (bicyclic) bond motifs is 5.